The lowest BCUT2D eigenvalue weighted by atomic mass is 10.0. The van der Waals surface area contributed by atoms with E-state index in [2.05, 4.69) is 0 Å². The molecule has 0 atom stereocenters. The zero-order valence-electron chi connectivity index (χ0n) is 13.4. The second kappa shape index (κ2) is 6.62. The van der Waals surface area contributed by atoms with Crippen LogP contribution >= 0.6 is 0 Å². The average Bonchev–Trinajstić information content (AvgIpc) is 2.49. The number of alkyl halides is 3. The topological polar surface area (TPSA) is 57.7 Å². The van der Waals surface area contributed by atoms with Gasteiger partial charge >= 0.3 is 6.18 Å². The quantitative estimate of drug-likeness (QED) is 0.825. The Morgan fingerprint density at radius 1 is 1.33 bits per heavy atom. The third-order valence-corrected chi connectivity index (χ3v) is 5.02. The normalized spacial score (nSPS) is 15.1. The maximum atomic E-state index is 12.6. The zero-order valence-corrected chi connectivity index (χ0v) is 14.2. The van der Waals surface area contributed by atoms with Crippen LogP contribution in [0, 0.1) is 0 Å². The van der Waals surface area contributed by atoms with Gasteiger partial charge in [-0.05, 0) is 43.5 Å². The molecule has 1 aliphatic rings. The number of halogens is 3. The minimum Gasteiger partial charge on any atom is -0.330 e. The van der Waals surface area contributed by atoms with Crippen molar-refractivity contribution >= 4 is 21.6 Å². The number of amides is 1. The van der Waals surface area contributed by atoms with E-state index in [1.54, 1.807) is 0 Å². The molecule has 2 rings (SSSR count). The molecular weight excluding hydrogens is 345 g/mol. The number of hydrogen-bond acceptors (Lipinski definition) is 3. The Balaban J connectivity index is 2.32. The summed E-state index contributed by atoms with van der Waals surface area (Å²) >= 11 is 0. The van der Waals surface area contributed by atoms with Gasteiger partial charge in [0, 0.05) is 18.7 Å². The van der Waals surface area contributed by atoms with E-state index in [1.807, 2.05) is 0 Å². The number of benzene rings is 1. The fraction of sp³-hybridized carbons (Fsp3) is 0.533. The van der Waals surface area contributed by atoms with Crippen molar-refractivity contribution in [2.24, 2.45) is 0 Å². The van der Waals surface area contributed by atoms with Crippen LogP contribution in [0.25, 0.3) is 0 Å². The first kappa shape index (κ1) is 18.6. The predicted molar refractivity (Wildman–Crippen MR) is 84.6 cm³/mol. The number of sulfonamides is 1. The standard InChI is InChI=1S/C15H19F3N2O3S/c1-3-19(10-15(16,17)18)14(21)12-6-7-13-11(9-12)5-4-8-20(13)24(2,22)23/h6-7,9H,3-5,8,10H2,1-2H3. The number of nitrogens with zero attached hydrogens (tertiary/aromatic N) is 2. The number of anilines is 1. The minimum atomic E-state index is -4.47. The largest absolute Gasteiger partial charge is 0.406 e. The Kier molecular flexibility index (Phi) is 5.12. The van der Waals surface area contributed by atoms with Crippen molar-refractivity contribution in [3.05, 3.63) is 29.3 Å². The van der Waals surface area contributed by atoms with E-state index in [4.69, 9.17) is 0 Å². The summed E-state index contributed by atoms with van der Waals surface area (Å²) in [6.45, 7) is 0.460. The van der Waals surface area contributed by atoms with Gasteiger partial charge < -0.3 is 4.90 Å². The molecule has 0 saturated carbocycles. The molecule has 0 saturated heterocycles. The summed E-state index contributed by atoms with van der Waals surface area (Å²) in [6.07, 6.45) is -2.19. The average molecular weight is 364 g/mol. The Labute approximate surface area is 139 Å². The maximum Gasteiger partial charge on any atom is 0.406 e. The van der Waals surface area contributed by atoms with Gasteiger partial charge in [0.25, 0.3) is 5.91 Å². The molecule has 0 aromatic heterocycles. The number of rotatable bonds is 4. The van der Waals surface area contributed by atoms with E-state index in [1.165, 1.54) is 29.4 Å². The molecule has 0 fully saturated rings. The molecule has 0 unspecified atom stereocenters. The lowest BCUT2D eigenvalue weighted by Crippen LogP contribution is -2.39. The highest BCUT2D eigenvalue weighted by Crippen LogP contribution is 2.30. The van der Waals surface area contributed by atoms with Gasteiger partial charge in [-0.1, -0.05) is 0 Å². The van der Waals surface area contributed by atoms with Crippen LogP contribution in [0.4, 0.5) is 18.9 Å². The van der Waals surface area contributed by atoms with Gasteiger partial charge in [-0.15, -0.1) is 0 Å². The van der Waals surface area contributed by atoms with Crippen LogP contribution in [-0.2, 0) is 16.4 Å². The highest BCUT2D eigenvalue weighted by molar-refractivity contribution is 7.92. The molecule has 0 N–H and O–H groups in total. The van der Waals surface area contributed by atoms with Crippen molar-refractivity contribution in [3.8, 4) is 0 Å². The molecule has 0 bridgehead atoms. The van der Waals surface area contributed by atoms with Crippen LogP contribution in [0.3, 0.4) is 0 Å². The summed E-state index contributed by atoms with van der Waals surface area (Å²) in [6, 6.07) is 4.36. The lowest BCUT2D eigenvalue weighted by molar-refractivity contribution is -0.140. The van der Waals surface area contributed by atoms with Crippen molar-refractivity contribution in [3.63, 3.8) is 0 Å². The Morgan fingerprint density at radius 2 is 2.00 bits per heavy atom. The maximum absolute atomic E-state index is 12.6. The monoisotopic (exact) mass is 364 g/mol. The fourth-order valence-corrected chi connectivity index (χ4v) is 3.76. The smallest absolute Gasteiger partial charge is 0.330 e. The van der Waals surface area contributed by atoms with E-state index in [-0.39, 0.29) is 12.1 Å². The van der Waals surface area contributed by atoms with E-state index < -0.39 is 28.7 Å². The summed E-state index contributed by atoms with van der Waals surface area (Å²) in [7, 11) is -3.43. The molecule has 1 aromatic carbocycles. The summed E-state index contributed by atoms with van der Waals surface area (Å²) in [5, 5.41) is 0. The zero-order chi connectivity index (χ0) is 18.1. The van der Waals surface area contributed by atoms with Gasteiger partial charge in [0.1, 0.15) is 6.54 Å². The lowest BCUT2D eigenvalue weighted by Gasteiger charge is -2.30. The van der Waals surface area contributed by atoms with E-state index in [0.717, 1.165) is 11.2 Å². The third-order valence-electron chi connectivity index (χ3n) is 3.84. The molecule has 0 aliphatic carbocycles. The summed E-state index contributed by atoms with van der Waals surface area (Å²) in [5.74, 6) is -0.714. The molecule has 1 heterocycles. The molecule has 1 aliphatic heterocycles. The minimum absolute atomic E-state index is 0.0646. The van der Waals surface area contributed by atoms with E-state index >= 15 is 0 Å². The van der Waals surface area contributed by atoms with E-state index in [9.17, 15) is 26.4 Å². The molecule has 1 aromatic rings. The van der Waals surface area contributed by atoms with Crippen molar-refractivity contribution in [2.45, 2.75) is 25.9 Å². The first-order valence-corrected chi connectivity index (χ1v) is 9.34. The summed E-state index contributed by atoms with van der Waals surface area (Å²) in [5.41, 5.74) is 1.27. The predicted octanol–water partition coefficient (Wildman–Crippen LogP) is 2.42. The van der Waals surface area contributed by atoms with Crippen molar-refractivity contribution in [1.82, 2.24) is 4.90 Å². The van der Waals surface area contributed by atoms with Gasteiger partial charge in [0.15, 0.2) is 0 Å². The summed E-state index contributed by atoms with van der Waals surface area (Å²) in [4.78, 5) is 13.0. The van der Waals surface area contributed by atoms with Gasteiger partial charge in [0.2, 0.25) is 10.0 Å². The number of aryl methyl sites for hydroxylation is 1. The fourth-order valence-electron chi connectivity index (χ4n) is 2.77. The number of carbonyl (C=O) groups is 1. The van der Waals surface area contributed by atoms with Crippen molar-refractivity contribution < 1.29 is 26.4 Å². The molecule has 134 valence electrons. The van der Waals surface area contributed by atoms with Crippen molar-refractivity contribution in [1.29, 1.82) is 0 Å². The molecule has 0 radical (unpaired) electrons. The second-order valence-electron chi connectivity index (χ2n) is 5.72. The van der Waals surface area contributed by atoms with Crippen molar-refractivity contribution in [2.75, 3.05) is 30.2 Å². The van der Waals surface area contributed by atoms with Crippen LogP contribution in [0.15, 0.2) is 18.2 Å². The molecule has 0 spiro atoms. The Morgan fingerprint density at radius 3 is 2.54 bits per heavy atom. The van der Waals surface area contributed by atoms with Crippen LogP contribution in [0.1, 0.15) is 29.3 Å². The highest BCUT2D eigenvalue weighted by Gasteiger charge is 2.33. The van der Waals surface area contributed by atoms with Gasteiger partial charge in [-0.25, -0.2) is 8.42 Å². The SMILES string of the molecule is CCN(CC(F)(F)F)C(=O)c1ccc2c(c1)CCCN2S(C)(=O)=O. The van der Waals surface area contributed by atoms with Crippen LogP contribution in [-0.4, -0.2) is 51.3 Å². The highest BCUT2D eigenvalue weighted by atomic mass is 32.2. The third kappa shape index (κ3) is 4.19. The Bertz CT molecular complexity index is 732. The van der Waals surface area contributed by atoms with Crippen LogP contribution in [0.5, 0.6) is 0 Å². The number of carbonyl (C=O) groups excluding carboxylic acids is 1. The molecule has 24 heavy (non-hydrogen) atoms. The van der Waals surface area contributed by atoms with Crippen LogP contribution in [0.2, 0.25) is 0 Å². The van der Waals surface area contributed by atoms with Gasteiger partial charge in [-0.3, -0.25) is 9.10 Å². The Hall–Kier alpha value is -1.77. The summed E-state index contributed by atoms with van der Waals surface area (Å²) < 4.78 is 62.5. The van der Waals surface area contributed by atoms with Gasteiger partial charge in [0.05, 0.1) is 11.9 Å². The number of fused-ring (bicyclic) bond motifs is 1. The first-order valence-electron chi connectivity index (χ1n) is 7.49. The molecular formula is C15H19F3N2O3S. The van der Waals surface area contributed by atoms with Gasteiger partial charge in [-0.2, -0.15) is 13.2 Å². The molecule has 9 heteroatoms. The van der Waals surface area contributed by atoms with Crippen LogP contribution < -0.4 is 4.31 Å². The second-order valence-corrected chi connectivity index (χ2v) is 7.62. The van der Waals surface area contributed by atoms with E-state index in [0.29, 0.717) is 30.6 Å². The molecule has 1 amide bonds. The first-order chi connectivity index (χ1) is 11.0. The molecule has 5 nitrogen and oxygen atoms in total. The number of hydrogen-bond donors (Lipinski definition) is 0.